The predicted octanol–water partition coefficient (Wildman–Crippen LogP) is 4.95. The molecule has 0 spiro atoms. The Labute approximate surface area is 190 Å². The van der Waals surface area contributed by atoms with E-state index in [1.165, 1.54) is 6.08 Å². The maximum Gasteiger partial charge on any atom is 0.407 e. The normalized spacial score (nSPS) is 11.1. The van der Waals surface area contributed by atoms with Gasteiger partial charge in [0.15, 0.2) is 0 Å². The maximum atomic E-state index is 12.3. The van der Waals surface area contributed by atoms with E-state index in [1.54, 1.807) is 51.1 Å². The molecule has 2 aromatic carbocycles. The van der Waals surface area contributed by atoms with Gasteiger partial charge in [-0.15, -0.1) is 0 Å². The Kier molecular flexibility index (Phi) is 8.81. The number of hydrogen-bond acceptors (Lipinski definition) is 4. The number of alkyl carbamates (subject to hydrolysis) is 1. The van der Waals surface area contributed by atoms with Crippen molar-refractivity contribution in [1.82, 2.24) is 5.32 Å². The fourth-order valence-electron chi connectivity index (χ4n) is 2.46. The summed E-state index contributed by atoms with van der Waals surface area (Å²) in [6.45, 7) is 5.42. The summed E-state index contributed by atoms with van der Waals surface area (Å²) in [6, 6.07) is 14.4. The van der Waals surface area contributed by atoms with Gasteiger partial charge in [0.2, 0.25) is 11.8 Å². The Balaban J connectivity index is 1.90. The van der Waals surface area contributed by atoms with E-state index in [2.05, 4.69) is 31.9 Å². The molecule has 8 heteroatoms. The number of benzene rings is 2. The van der Waals surface area contributed by atoms with E-state index >= 15 is 0 Å². The second-order valence-corrected chi connectivity index (χ2v) is 8.47. The number of carbonyl (C=O) groups is 3. The first kappa shape index (κ1) is 24.1. The van der Waals surface area contributed by atoms with Crippen LogP contribution in [0.3, 0.4) is 0 Å². The molecule has 31 heavy (non-hydrogen) atoms. The van der Waals surface area contributed by atoms with Crippen molar-refractivity contribution in [1.29, 1.82) is 0 Å². The van der Waals surface area contributed by atoms with Crippen molar-refractivity contribution in [3.05, 3.63) is 64.6 Å². The van der Waals surface area contributed by atoms with Gasteiger partial charge in [0, 0.05) is 23.5 Å². The summed E-state index contributed by atoms with van der Waals surface area (Å²) < 4.78 is 6.01. The van der Waals surface area contributed by atoms with Crippen LogP contribution in [-0.4, -0.2) is 30.1 Å². The van der Waals surface area contributed by atoms with Crippen molar-refractivity contribution >= 4 is 51.3 Å². The van der Waals surface area contributed by atoms with Crippen molar-refractivity contribution in [2.45, 2.75) is 32.8 Å². The molecule has 0 radical (unpaired) electrons. The molecule has 0 fully saturated rings. The molecule has 3 N–H and O–H groups in total. The molecular formula is C23H26BrN3O4. The monoisotopic (exact) mass is 487 g/mol. The number of rotatable bonds is 7. The molecule has 164 valence electrons. The minimum atomic E-state index is -0.603. The van der Waals surface area contributed by atoms with Crippen molar-refractivity contribution in [2.75, 3.05) is 17.2 Å². The zero-order chi connectivity index (χ0) is 22.9. The van der Waals surface area contributed by atoms with E-state index in [0.717, 1.165) is 10.0 Å². The van der Waals surface area contributed by atoms with Crippen molar-refractivity contribution < 1.29 is 19.1 Å². The fourth-order valence-corrected chi connectivity index (χ4v) is 2.87. The molecule has 0 aliphatic rings. The van der Waals surface area contributed by atoms with Crippen LogP contribution in [0, 0.1) is 0 Å². The molecule has 0 heterocycles. The van der Waals surface area contributed by atoms with Crippen molar-refractivity contribution in [3.8, 4) is 0 Å². The summed E-state index contributed by atoms with van der Waals surface area (Å²) in [5, 5.41) is 8.04. The SMILES string of the molecule is CC(C)(C)OC(=O)NCCC(=O)Nc1ccccc1NC(=O)/C=C/c1ccccc1Br. The van der Waals surface area contributed by atoms with E-state index in [1.807, 2.05) is 24.3 Å². The molecule has 7 nitrogen and oxygen atoms in total. The number of carbonyl (C=O) groups excluding carboxylic acids is 3. The second-order valence-electron chi connectivity index (χ2n) is 7.62. The summed E-state index contributed by atoms with van der Waals surface area (Å²) in [5.74, 6) is -0.634. The number of anilines is 2. The average Bonchev–Trinajstić information content (AvgIpc) is 2.67. The average molecular weight is 488 g/mol. The Bertz CT molecular complexity index is 967. The van der Waals surface area contributed by atoms with Crippen LogP contribution < -0.4 is 16.0 Å². The first-order chi connectivity index (χ1) is 14.6. The van der Waals surface area contributed by atoms with Gasteiger partial charge in [-0.2, -0.15) is 0 Å². The molecule has 0 saturated carbocycles. The largest absolute Gasteiger partial charge is 0.444 e. The van der Waals surface area contributed by atoms with Gasteiger partial charge in [0.1, 0.15) is 5.60 Å². The van der Waals surface area contributed by atoms with Gasteiger partial charge in [-0.25, -0.2) is 4.79 Å². The van der Waals surface area contributed by atoms with E-state index in [4.69, 9.17) is 4.74 Å². The van der Waals surface area contributed by atoms with Gasteiger partial charge in [0.05, 0.1) is 11.4 Å². The highest BCUT2D eigenvalue weighted by molar-refractivity contribution is 9.10. The lowest BCUT2D eigenvalue weighted by Crippen LogP contribution is -2.34. The number of halogens is 1. The maximum absolute atomic E-state index is 12.3. The number of hydrogen-bond donors (Lipinski definition) is 3. The second kappa shape index (κ2) is 11.3. The molecular weight excluding hydrogens is 462 g/mol. The number of amides is 3. The number of ether oxygens (including phenoxy) is 1. The minimum absolute atomic E-state index is 0.0590. The first-order valence-electron chi connectivity index (χ1n) is 9.73. The van der Waals surface area contributed by atoms with E-state index in [0.29, 0.717) is 11.4 Å². The van der Waals surface area contributed by atoms with Crippen molar-refractivity contribution in [3.63, 3.8) is 0 Å². The Morgan fingerprint density at radius 3 is 2.23 bits per heavy atom. The third-order valence-electron chi connectivity index (χ3n) is 3.80. The van der Waals surface area contributed by atoms with Crippen LogP contribution in [0.1, 0.15) is 32.8 Å². The van der Waals surface area contributed by atoms with Crippen LogP contribution in [0.5, 0.6) is 0 Å². The topological polar surface area (TPSA) is 96.5 Å². The lowest BCUT2D eigenvalue weighted by Gasteiger charge is -2.19. The molecule has 0 aliphatic carbocycles. The quantitative estimate of drug-likeness (QED) is 0.481. The van der Waals surface area contributed by atoms with Gasteiger partial charge >= 0.3 is 6.09 Å². The molecule has 2 rings (SSSR count). The fraction of sp³-hybridized carbons (Fsp3) is 0.261. The first-order valence-corrected chi connectivity index (χ1v) is 10.5. The van der Waals surface area contributed by atoms with Gasteiger partial charge in [-0.05, 0) is 50.6 Å². The number of para-hydroxylation sites is 2. The molecule has 3 amide bonds. The van der Waals surface area contributed by atoms with Crippen LogP contribution in [0.2, 0.25) is 0 Å². The van der Waals surface area contributed by atoms with E-state index < -0.39 is 11.7 Å². The predicted molar refractivity (Wildman–Crippen MR) is 126 cm³/mol. The van der Waals surface area contributed by atoms with E-state index in [-0.39, 0.29) is 24.8 Å². The standard InChI is InChI=1S/C23H26BrN3O4/c1-23(2,3)31-22(30)25-15-14-21(29)27-19-11-7-6-10-18(19)26-20(28)13-12-16-8-4-5-9-17(16)24/h4-13H,14-15H2,1-3H3,(H,25,30)(H,26,28)(H,27,29)/b13-12+. The molecule has 0 aliphatic heterocycles. The number of nitrogens with one attached hydrogen (secondary N) is 3. The van der Waals surface area contributed by atoms with E-state index in [9.17, 15) is 14.4 Å². The minimum Gasteiger partial charge on any atom is -0.444 e. The molecule has 2 aromatic rings. The van der Waals surface area contributed by atoms with Crippen molar-refractivity contribution in [2.24, 2.45) is 0 Å². The zero-order valence-electron chi connectivity index (χ0n) is 17.7. The summed E-state index contributed by atoms with van der Waals surface area (Å²) in [4.78, 5) is 36.2. The van der Waals surface area contributed by atoms with Gasteiger partial charge in [0.25, 0.3) is 0 Å². The Morgan fingerprint density at radius 1 is 0.968 bits per heavy atom. The van der Waals surface area contributed by atoms with Crippen LogP contribution in [-0.2, 0) is 14.3 Å². The highest BCUT2D eigenvalue weighted by Crippen LogP contribution is 2.22. The van der Waals surface area contributed by atoms with Crippen LogP contribution in [0.4, 0.5) is 16.2 Å². The third kappa shape index (κ3) is 9.04. The summed E-state index contributed by atoms with van der Waals surface area (Å²) in [7, 11) is 0. The van der Waals surface area contributed by atoms with Gasteiger partial charge in [-0.1, -0.05) is 46.3 Å². The highest BCUT2D eigenvalue weighted by atomic mass is 79.9. The molecule has 0 aromatic heterocycles. The summed E-state index contributed by atoms with van der Waals surface area (Å²) in [6.07, 6.45) is 2.60. The van der Waals surface area contributed by atoms with Crippen LogP contribution >= 0.6 is 15.9 Å². The third-order valence-corrected chi connectivity index (χ3v) is 4.52. The lowest BCUT2D eigenvalue weighted by molar-refractivity contribution is -0.116. The van der Waals surface area contributed by atoms with Gasteiger partial charge < -0.3 is 20.7 Å². The molecule has 0 saturated heterocycles. The Morgan fingerprint density at radius 2 is 1.58 bits per heavy atom. The smallest absolute Gasteiger partial charge is 0.407 e. The Hall–Kier alpha value is -3.13. The molecule has 0 atom stereocenters. The zero-order valence-corrected chi connectivity index (χ0v) is 19.3. The molecule has 0 unspecified atom stereocenters. The summed E-state index contributed by atoms with van der Waals surface area (Å²) >= 11 is 3.43. The summed E-state index contributed by atoms with van der Waals surface area (Å²) in [5.41, 5.74) is 1.20. The van der Waals surface area contributed by atoms with Gasteiger partial charge in [-0.3, -0.25) is 9.59 Å². The molecule has 0 bridgehead atoms. The van der Waals surface area contributed by atoms with Crippen LogP contribution in [0.15, 0.2) is 59.1 Å². The highest BCUT2D eigenvalue weighted by Gasteiger charge is 2.16. The lowest BCUT2D eigenvalue weighted by atomic mass is 10.2. The van der Waals surface area contributed by atoms with Crippen LogP contribution in [0.25, 0.3) is 6.08 Å².